The smallest absolute Gasteiger partial charge is 0.255 e. The predicted molar refractivity (Wildman–Crippen MR) is 85.9 cm³/mol. The quantitative estimate of drug-likeness (QED) is 0.830. The zero-order chi connectivity index (χ0) is 18.1. The molecule has 0 unspecified atom stereocenters. The lowest BCUT2D eigenvalue weighted by molar-refractivity contribution is 0.0949. The first kappa shape index (κ1) is 17.0. The van der Waals surface area contributed by atoms with E-state index in [9.17, 15) is 22.8 Å². The number of nitrogens with one attached hydrogen (secondary N) is 2. The van der Waals surface area contributed by atoms with Gasteiger partial charge in [-0.1, -0.05) is 6.07 Å². The Hall–Kier alpha value is -2.83. The second-order valence-electron chi connectivity index (χ2n) is 5.99. The van der Waals surface area contributed by atoms with Crippen LogP contribution < -0.4 is 10.6 Å². The highest BCUT2D eigenvalue weighted by Gasteiger charge is 2.24. The zero-order valence-electron chi connectivity index (χ0n) is 13.3. The molecule has 0 heterocycles. The predicted octanol–water partition coefficient (Wildman–Crippen LogP) is 3.56. The molecule has 1 aliphatic rings. The molecule has 2 N–H and O–H groups in total. The average molecular weight is 348 g/mol. The van der Waals surface area contributed by atoms with Crippen LogP contribution in [0.3, 0.4) is 0 Å². The summed E-state index contributed by atoms with van der Waals surface area (Å²) in [6.45, 7) is 1.71. The van der Waals surface area contributed by atoms with E-state index >= 15 is 0 Å². The summed E-state index contributed by atoms with van der Waals surface area (Å²) in [6.07, 6.45) is 1.89. The van der Waals surface area contributed by atoms with Crippen molar-refractivity contribution in [3.05, 3.63) is 64.5 Å². The molecule has 4 nitrogen and oxygen atoms in total. The van der Waals surface area contributed by atoms with E-state index in [4.69, 9.17) is 0 Å². The van der Waals surface area contributed by atoms with Gasteiger partial charge in [0.05, 0.1) is 0 Å². The van der Waals surface area contributed by atoms with E-state index in [-0.39, 0.29) is 17.5 Å². The molecule has 130 valence electrons. The molecular weight excluding hydrogens is 333 g/mol. The number of anilines is 1. The minimum atomic E-state index is -1.63. The summed E-state index contributed by atoms with van der Waals surface area (Å²) >= 11 is 0. The van der Waals surface area contributed by atoms with Crippen LogP contribution in [0.5, 0.6) is 0 Å². The van der Waals surface area contributed by atoms with Crippen molar-refractivity contribution in [3.8, 4) is 0 Å². The van der Waals surface area contributed by atoms with Gasteiger partial charge in [-0.05, 0) is 49.6 Å². The van der Waals surface area contributed by atoms with Crippen molar-refractivity contribution in [2.24, 2.45) is 0 Å². The Bertz CT molecular complexity index is 840. The molecule has 0 spiro atoms. The molecule has 1 aliphatic carbocycles. The Morgan fingerprint density at radius 2 is 1.60 bits per heavy atom. The van der Waals surface area contributed by atoms with Gasteiger partial charge in [0.15, 0.2) is 17.5 Å². The Morgan fingerprint density at radius 1 is 0.960 bits per heavy atom. The van der Waals surface area contributed by atoms with Gasteiger partial charge in [0, 0.05) is 22.9 Å². The fraction of sp³-hybridized carbons (Fsp3) is 0.222. The second-order valence-corrected chi connectivity index (χ2v) is 5.99. The maximum absolute atomic E-state index is 13.3. The van der Waals surface area contributed by atoms with E-state index in [1.807, 2.05) is 0 Å². The number of aryl methyl sites for hydroxylation is 1. The van der Waals surface area contributed by atoms with E-state index in [1.54, 1.807) is 19.1 Å². The van der Waals surface area contributed by atoms with Crippen LogP contribution >= 0.6 is 0 Å². The van der Waals surface area contributed by atoms with Crippen molar-refractivity contribution in [2.75, 3.05) is 5.32 Å². The third kappa shape index (κ3) is 3.81. The topological polar surface area (TPSA) is 58.2 Å². The highest BCUT2D eigenvalue weighted by Crippen LogP contribution is 2.22. The number of benzene rings is 2. The fourth-order valence-electron chi connectivity index (χ4n) is 2.28. The summed E-state index contributed by atoms with van der Waals surface area (Å²) < 4.78 is 39.5. The van der Waals surface area contributed by atoms with E-state index < -0.39 is 23.4 Å². The molecule has 3 rings (SSSR count). The lowest BCUT2D eigenvalue weighted by Gasteiger charge is -2.11. The molecule has 25 heavy (non-hydrogen) atoms. The van der Waals surface area contributed by atoms with Gasteiger partial charge in [0.2, 0.25) is 0 Å². The van der Waals surface area contributed by atoms with Gasteiger partial charge in [0.1, 0.15) is 0 Å². The summed E-state index contributed by atoms with van der Waals surface area (Å²) in [7, 11) is 0. The monoisotopic (exact) mass is 348 g/mol. The summed E-state index contributed by atoms with van der Waals surface area (Å²) in [5, 5.41) is 5.32. The van der Waals surface area contributed by atoms with Crippen molar-refractivity contribution < 1.29 is 22.8 Å². The highest BCUT2D eigenvalue weighted by atomic mass is 19.2. The lowest BCUT2D eigenvalue weighted by Crippen LogP contribution is -2.25. The van der Waals surface area contributed by atoms with Crippen LogP contribution in [0.2, 0.25) is 0 Å². The molecule has 0 bridgehead atoms. The van der Waals surface area contributed by atoms with Crippen LogP contribution in [0.1, 0.15) is 39.1 Å². The highest BCUT2D eigenvalue weighted by molar-refractivity contribution is 6.05. The number of halogens is 3. The van der Waals surface area contributed by atoms with Gasteiger partial charge < -0.3 is 10.6 Å². The number of rotatable bonds is 4. The Kier molecular flexibility index (Phi) is 4.48. The molecular formula is C18H15F3N2O2. The third-order valence-corrected chi connectivity index (χ3v) is 3.91. The van der Waals surface area contributed by atoms with Crippen molar-refractivity contribution in [3.63, 3.8) is 0 Å². The standard InChI is InChI=1S/C18H15F3N2O2/c1-9-2-3-10(17(24)22-12-4-5-12)8-15(9)23-18(25)11-6-13(19)16(21)14(20)7-11/h2-3,6-8,12H,4-5H2,1H3,(H,22,24)(H,23,25). The van der Waals surface area contributed by atoms with E-state index in [1.165, 1.54) is 6.07 Å². The molecule has 0 radical (unpaired) electrons. The summed E-state index contributed by atoms with van der Waals surface area (Å²) in [5.41, 5.74) is 1.01. The number of amides is 2. The van der Waals surface area contributed by atoms with Crippen molar-refractivity contribution in [1.29, 1.82) is 0 Å². The molecule has 0 atom stereocenters. The molecule has 2 amide bonds. The van der Waals surface area contributed by atoms with Gasteiger partial charge in [-0.3, -0.25) is 9.59 Å². The second kappa shape index (κ2) is 6.58. The third-order valence-electron chi connectivity index (χ3n) is 3.91. The molecule has 2 aromatic carbocycles. The number of carbonyl (C=O) groups is 2. The van der Waals surface area contributed by atoms with E-state index in [0.29, 0.717) is 28.9 Å². The summed E-state index contributed by atoms with van der Waals surface area (Å²) in [6, 6.07) is 6.20. The molecule has 0 aromatic heterocycles. The van der Waals surface area contributed by atoms with Gasteiger partial charge in [0.25, 0.3) is 11.8 Å². The SMILES string of the molecule is Cc1ccc(C(=O)NC2CC2)cc1NC(=O)c1cc(F)c(F)c(F)c1. The maximum atomic E-state index is 13.3. The average Bonchev–Trinajstić information content (AvgIpc) is 3.37. The Labute approximate surface area is 142 Å². The van der Waals surface area contributed by atoms with Crippen LogP contribution in [-0.2, 0) is 0 Å². The number of hydrogen-bond donors (Lipinski definition) is 2. The van der Waals surface area contributed by atoms with Gasteiger partial charge in [-0.15, -0.1) is 0 Å². The molecule has 0 aliphatic heterocycles. The van der Waals surface area contributed by atoms with E-state index in [2.05, 4.69) is 10.6 Å². The Balaban J connectivity index is 1.81. The van der Waals surface area contributed by atoms with Crippen LogP contribution in [0.4, 0.5) is 18.9 Å². The summed E-state index contributed by atoms with van der Waals surface area (Å²) in [4.78, 5) is 24.3. The first-order valence-corrected chi connectivity index (χ1v) is 7.72. The van der Waals surface area contributed by atoms with E-state index in [0.717, 1.165) is 12.8 Å². The number of carbonyl (C=O) groups excluding carboxylic acids is 2. The number of hydrogen-bond acceptors (Lipinski definition) is 2. The van der Waals surface area contributed by atoms with Gasteiger partial charge in [-0.25, -0.2) is 13.2 Å². The minimum absolute atomic E-state index is 0.192. The van der Waals surface area contributed by atoms with Crippen molar-refractivity contribution in [2.45, 2.75) is 25.8 Å². The largest absolute Gasteiger partial charge is 0.349 e. The van der Waals surface area contributed by atoms with Crippen LogP contribution in [-0.4, -0.2) is 17.9 Å². The molecule has 1 saturated carbocycles. The first-order chi connectivity index (χ1) is 11.8. The first-order valence-electron chi connectivity index (χ1n) is 7.72. The van der Waals surface area contributed by atoms with Crippen molar-refractivity contribution in [1.82, 2.24) is 5.32 Å². The van der Waals surface area contributed by atoms with Gasteiger partial charge >= 0.3 is 0 Å². The molecule has 2 aromatic rings. The normalized spacial score (nSPS) is 13.4. The lowest BCUT2D eigenvalue weighted by atomic mass is 10.1. The zero-order valence-corrected chi connectivity index (χ0v) is 13.3. The molecule has 0 saturated heterocycles. The van der Waals surface area contributed by atoms with Crippen LogP contribution in [0, 0.1) is 24.4 Å². The maximum Gasteiger partial charge on any atom is 0.255 e. The molecule has 7 heteroatoms. The van der Waals surface area contributed by atoms with Gasteiger partial charge in [-0.2, -0.15) is 0 Å². The van der Waals surface area contributed by atoms with Crippen molar-refractivity contribution >= 4 is 17.5 Å². The van der Waals surface area contributed by atoms with Crippen LogP contribution in [0.25, 0.3) is 0 Å². The molecule has 1 fully saturated rings. The van der Waals surface area contributed by atoms with Crippen LogP contribution in [0.15, 0.2) is 30.3 Å². The minimum Gasteiger partial charge on any atom is -0.349 e. The summed E-state index contributed by atoms with van der Waals surface area (Å²) in [5.74, 6) is -5.58. The Morgan fingerprint density at radius 3 is 2.20 bits per heavy atom. The fourth-order valence-corrected chi connectivity index (χ4v) is 2.28.